The maximum Gasteiger partial charge on any atom is -0.00107 e. The summed E-state index contributed by atoms with van der Waals surface area (Å²) in [5, 5.41) is 0. The van der Waals surface area contributed by atoms with E-state index in [9.17, 15) is 0 Å². The van der Waals surface area contributed by atoms with Gasteiger partial charge in [-0.3, -0.25) is 0 Å². The monoisotopic (exact) mass is 264 g/mol. The lowest BCUT2D eigenvalue weighted by Gasteiger charge is -2.08. The Morgan fingerprint density at radius 3 is 2.50 bits per heavy atom. The predicted octanol–water partition coefficient (Wildman–Crippen LogP) is 5.77. The molecule has 0 amide bonds. The van der Waals surface area contributed by atoms with Crippen LogP contribution in [0, 0.1) is 0 Å². The molecule has 0 heteroatoms. The average molecular weight is 264 g/mol. The van der Waals surface area contributed by atoms with Crippen molar-refractivity contribution in [3.05, 3.63) is 59.2 Å². The van der Waals surface area contributed by atoms with Crippen molar-refractivity contribution in [2.24, 2.45) is 0 Å². The van der Waals surface area contributed by atoms with Crippen LogP contribution in [0.4, 0.5) is 0 Å². The van der Waals surface area contributed by atoms with Gasteiger partial charge >= 0.3 is 0 Å². The highest BCUT2D eigenvalue weighted by atomic mass is 14.2. The van der Waals surface area contributed by atoms with Crippen molar-refractivity contribution in [3.8, 4) is 11.1 Å². The van der Waals surface area contributed by atoms with Crippen molar-refractivity contribution in [2.45, 2.75) is 51.9 Å². The molecule has 104 valence electrons. The number of aryl methyl sites for hydroxylation is 1. The maximum atomic E-state index is 2.34. The van der Waals surface area contributed by atoms with Crippen molar-refractivity contribution in [3.63, 3.8) is 0 Å². The third-order valence-electron chi connectivity index (χ3n) is 4.50. The molecule has 0 unspecified atom stereocenters. The van der Waals surface area contributed by atoms with Crippen molar-refractivity contribution in [1.29, 1.82) is 0 Å². The van der Waals surface area contributed by atoms with Crippen molar-refractivity contribution in [1.82, 2.24) is 0 Å². The van der Waals surface area contributed by atoms with Gasteiger partial charge in [0, 0.05) is 0 Å². The Balaban J connectivity index is 1.73. The summed E-state index contributed by atoms with van der Waals surface area (Å²) in [6, 6.07) is 15.7. The molecule has 0 nitrogen and oxygen atoms in total. The van der Waals surface area contributed by atoms with Gasteiger partial charge in [0.1, 0.15) is 0 Å². The molecule has 0 N–H and O–H groups in total. The van der Waals surface area contributed by atoms with Crippen LogP contribution in [0.5, 0.6) is 0 Å². The highest BCUT2D eigenvalue weighted by Crippen LogP contribution is 2.38. The molecular weight excluding hydrogens is 240 g/mol. The topological polar surface area (TPSA) is 0 Å². The van der Waals surface area contributed by atoms with E-state index in [1.807, 2.05) is 0 Å². The lowest BCUT2D eigenvalue weighted by atomic mass is 9.97. The molecule has 0 saturated heterocycles. The molecule has 0 atom stereocenters. The van der Waals surface area contributed by atoms with Gasteiger partial charge in [-0.15, -0.1) is 0 Å². The summed E-state index contributed by atoms with van der Waals surface area (Å²) in [5.41, 5.74) is 7.60. The van der Waals surface area contributed by atoms with Crippen LogP contribution in [0.3, 0.4) is 0 Å². The van der Waals surface area contributed by atoms with Gasteiger partial charge in [0.25, 0.3) is 0 Å². The Kier molecular flexibility index (Phi) is 4.20. The van der Waals surface area contributed by atoms with Crippen molar-refractivity contribution >= 4 is 0 Å². The van der Waals surface area contributed by atoms with Crippen LogP contribution in [0.15, 0.2) is 42.5 Å². The molecule has 3 rings (SSSR count). The first-order chi connectivity index (χ1) is 9.90. The zero-order valence-electron chi connectivity index (χ0n) is 12.5. The molecule has 1 aliphatic rings. The SMILES string of the molecule is CCCCCCCc1cccc2c1Cc1ccccc1-2. The molecule has 0 saturated carbocycles. The third kappa shape index (κ3) is 2.65. The number of hydrogen-bond donors (Lipinski definition) is 0. The minimum Gasteiger partial charge on any atom is -0.0654 e. The number of hydrogen-bond acceptors (Lipinski definition) is 0. The Hall–Kier alpha value is -1.56. The second-order valence-electron chi connectivity index (χ2n) is 5.94. The summed E-state index contributed by atoms with van der Waals surface area (Å²) in [6.45, 7) is 2.28. The molecular formula is C20H24. The summed E-state index contributed by atoms with van der Waals surface area (Å²) >= 11 is 0. The zero-order chi connectivity index (χ0) is 13.8. The van der Waals surface area contributed by atoms with E-state index in [1.54, 1.807) is 11.1 Å². The summed E-state index contributed by atoms with van der Waals surface area (Å²) in [7, 11) is 0. The fraction of sp³-hybridized carbons (Fsp3) is 0.400. The highest BCUT2D eigenvalue weighted by molar-refractivity contribution is 5.77. The summed E-state index contributed by atoms with van der Waals surface area (Å²) in [5.74, 6) is 0. The summed E-state index contributed by atoms with van der Waals surface area (Å²) in [4.78, 5) is 0. The predicted molar refractivity (Wildman–Crippen MR) is 87.1 cm³/mol. The van der Waals surface area contributed by atoms with E-state index in [0.717, 1.165) is 6.42 Å². The molecule has 0 fully saturated rings. The first-order valence-electron chi connectivity index (χ1n) is 8.09. The van der Waals surface area contributed by atoms with Gasteiger partial charge < -0.3 is 0 Å². The molecule has 0 heterocycles. The first kappa shape index (κ1) is 13.4. The molecule has 2 aromatic carbocycles. The van der Waals surface area contributed by atoms with E-state index >= 15 is 0 Å². The van der Waals surface area contributed by atoms with Crippen LogP contribution in [0.25, 0.3) is 11.1 Å². The standard InChI is InChI=1S/C20H24/c1-2-3-4-5-6-10-16-12-9-14-19-18-13-8-7-11-17(18)15-20(16)19/h7-9,11-14H,2-6,10,15H2,1H3. The van der Waals surface area contributed by atoms with E-state index in [-0.39, 0.29) is 0 Å². The molecule has 1 aliphatic carbocycles. The average Bonchev–Trinajstić information content (AvgIpc) is 2.87. The number of benzene rings is 2. The lowest BCUT2D eigenvalue weighted by Crippen LogP contribution is -1.93. The van der Waals surface area contributed by atoms with Gasteiger partial charge in [0.2, 0.25) is 0 Å². The Bertz CT molecular complexity index is 580. The second kappa shape index (κ2) is 6.26. The first-order valence-corrected chi connectivity index (χ1v) is 8.09. The Morgan fingerprint density at radius 2 is 1.60 bits per heavy atom. The smallest absolute Gasteiger partial charge is 0.00107 e. The van der Waals surface area contributed by atoms with Crippen molar-refractivity contribution < 1.29 is 0 Å². The molecule has 0 aliphatic heterocycles. The number of rotatable bonds is 6. The fourth-order valence-corrected chi connectivity index (χ4v) is 3.38. The normalized spacial score (nSPS) is 12.2. The summed E-state index contributed by atoms with van der Waals surface area (Å²) < 4.78 is 0. The van der Waals surface area contributed by atoms with E-state index in [4.69, 9.17) is 0 Å². The molecule has 0 radical (unpaired) electrons. The molecule has 0 bridgehead atoms. The minimum atomic E-state index is 1.14. The van der Waals surface area contributed by atoms with Gasteiger partial charge in [-0.2, -0.15) is 0 Å². The van der Waals surface area contributed by atoms with Crippen LogP contribution in [0.2, 0.25) is 0 Å². The second-order valence-corrected chi connectivity index (χ2v) is 5.94. The number of unbranched alkanes of at least 4 members (excludes halogenated alkanes) is 4. The third-order valence-corrected chi connectivity index (χ3v) is 4.50. The van der Waals surface area contributed by atoms with Gasteiger partial charge in [-0.25, -0.2) is 0 Å². The van der Waals surface area contributed by atoms with Gasteiger partial charge in [-0.05, 0) is 47.1 Å². The molecule has 20 heavy (non-hydrogen) atoms. The minimum absolute atomic E-state index is 1.14. The molecule has 0 spiro atoms. The fourth-order valence-electron chi connectivity index (χ4n) is 3.38. The van der Waals surface area contributed by atoms with Crippen LogP contribution in [-0.2, 0) is 12.8 Å². The van der Waals surface area contributed by atoms with Crippen LogP contribution < -0.4 is 0 Å². The Labute approximate surface area is 122 Å². The van der Waals surface area contributed by atoms with E-state index < -0.39 is 0 Å². The molecule has 0 aromatic heterocycles. The van der Waals surface area contributed by atoms with Crippen LogP contribution in [-0.4, -0.2) is 0 Å². The quantitative estimate of drug-likeness (QED) is 0.496. The lowest BCUT2D eigenvalue weighted by molar-refractivity contribution is 0.631. The largest absolute Gasteiger partial charge is 0.0654 e. The van der Waals surface area contributed by atoms with Crippen LogP contribution >= 0.6 is 0 Å². The Morgan fingerprint density at radius 1 is 0.800 bits per heavy atom. The maximum absolute atomic E-state index is 2.34. The van der Waals surface area contributed by atoms with Gasteiger partial charge in [0.05, 0.1) is 0 Å². The zero-order valence-corrected chi connectivity index (χ0v) is 12.5. The molecule has 2 aromatic rings. The van der Waals surface area contributed by atoms with E-state index in [0.29, 0.717) is 0 Å². The van der Waals surface area contributed by atoms with E-state index in [2.05, 4.69) is 49.4 Å². The van der Waals surface area contributed by atoms with Gasteiger partial charge in [0.15, 0.2) is 0 Å². The number of fused-ring (bicyclic) bond motifs is 3. The summed E-state index contributed by atoms with van der Waals surface area (Å²) in [6.07, 6.45) is 9.22. The van der Waals surface area contributed by atoms with Gasteiger partial charge in [-0.1, -0.05) is 75.1 Å². The highest BCUT2D eigenvalue weighted by Gasteiger charge is 2.19. The van der Waals surface area contributed by atoms with E-state index in [1.165, 1.54) is 55.2 Å². The van der Waals surface area contributed by atoms with Crippen molar-refractivity contribution in [2.75, 3.05) is 0 Å². The van der Waals surface area contributed by atoms with Crippen LogP contribution in [0.1, 0.15) is 55.7 Å².